The van der Waals surface area contributed by atoms with Crippen molar-refractivity contribution in [3.8, 4) is 0 Å². The highest BCUT2D eigenvalue weighted by atomic mass is 16.2. The molecule has 1 heterocycles. The Labute approximate surface area is 124 Å². The molecule has 5 heteroatoms. The predicted molar refractivity (Wildman–Crippen MR) is 80.0 cm³/mol. The van der Waals surface area contributed by atoms with Crippen LogP contribution in [0.25, 0.3) is 0 Å². The fraction of sp³-hybridized carbons (Fsp3) is 0.438. The van der Waals surface area contributed by atoms with Gasteiger partial charge in [0.25, 0.3) is 5.91 Å². The summed E-state index contributed by atoms with van der Waals surface area (Å²) in [4.78, 5) is 18.6. The number of rotatable bonds is 4. The fourth-order valence-electron chi connectivity index (χ4n) is 2.98. The number of nitrogens with one attached hydrogen (secondary N) is 1. The first-order valence-corrected chi connectivity index (χ1v) is 7.47. The molecule has 1 aliphatic rings. The standard InChI is InChI=1S/C16H20N4O/c1-3-6-14-17-15(19-18-14)16(21)20(2)13-10-9-11-7-4-5-8-12(11)13/h4-5,7-8,13H,3,6,9-10H2,1-2H3,(H,17,18,19). The van der Waals surface area contributed by atoms with Crippen molar-refractivity contribution < 1.29 is 4.79 Å². The molecule has 1 aliphatic carbocycles. The first kappa shape index (κ1) is 13.8. The Morgan fingerprint density at radius 3 is 3.05 bits per heavy atom. The van der Waals surface area contributed by atoms with Gasteiger partial charge in [-0.05, 0) is 30.4 Å². The molecule has 0 saturated carbocycles. The van der Waals surface area contributed by atoms with E-state index in [0.717, 1.165) is 31.5 Å². The van der Waals surface area contributed by atoms with Crippen LogP contribution in [0.15, 0.2) is 24.3 Å². The van der Waals surface area contributed by atoms with Gasteiger partial charge >= 0.3 is 0 Å². The molecule has 0 aliphatic heterocycles. The minimum Gasteiger partial charge on any atom is -0.332 e. The summed E-state index contributed by atoms with van der Waals surface area (Å²) in [7, 11) is 1.84. The lowest BCUT2D eigenvalue weighted by molar-refractivity contribution is 0.0718. The average molecular weight is 284 g/mol. The third-order valence-electron chi connectivity index (χ3n) is 4.10. The number of benzene rings is 1. The number of nitrogens with zero attached hydrogens (tertiary/aromatic N) is 3. The lowest BCUT2D eigenvalue weighted by Crippen LogP contribution is -2.31. The number of aryl methyl sites for hydroxylation is 2. The zero-order valence-electron chi connectivity index (χ0n) is 12.5. The van der Waals surface area contributed by atoms with Crippen molar-refractivity contribution in [2.75, 3.05) is 7.05 Å². The Balaban J connectivity index is 1.79. The summed E-state index contributed by atoms with van der Waals surface area (Å²) in [5, 5.41) is 6.90. The number of H-pyrrole nitrogens is 1. The highest BCUT2D eigenvalue weighted by Gasteiger charge is 2.30. The van der Waals surface area contributed by atoms with Crippen molar-refractivity contribution in [1.29, 1.82) is 0 Å². The van der Waals surface area contributed by atoms with Crippen LogP contribution in [-0.2, 0) is 12.8 Å². The maximum absolute atomic E-state index is 12.5. The lowest BCUT2D eigenvalue weighted by Gasteiger charge is -2.24. The predicted octanol–water partition coefficient (Wildman–Crippen LogP) is 2.52. The number of hydrogen-bond acceptors (Lipinski definition) is 3. The van der Waals surface area contributed by atoms with Gasteiger partial charge in [0.05, 0.1) is 6.04 Å². The molecule has 0 spiro atoms. The Bertz CT molecular complexity index is 649. The van der Waals surface area contributed by atoms with Gasteiger partial charge in [0.1, 0.15) is 5.82 Å². The van der Waals surface area contributed by atoms with Crippen LogP contribution in [0.4, 0.5) is 0 Å². The molecule has 0 fully saturated rings. The van der Waals surface area contributed by atoms with Gasteiger partial charge in [0.15, 0.2) is 0 Å². The highest BCUT2D eigenvalue weighted by molar-refractivity contribution is 5.90. The molecule has 110 valence electrons. The third kappa shape index (κ3) is 2.55. The van der Waals surface area contributed by atoms with Crippen molar-refractivity contribution >= 4 is 5.91 Å². The van der Waals surface area contributed by atoms with E-state index in [1.165, 1.54) is 11.1 Å². The third-order valence-corrected chi connectivity index (χ3v) is 4.10. The van der Waals surface area contributed by atoms with E-state index in [-0.39, 0.29) is 17.8 Å². The molecule has 1 aromatic heterocycles. The Morgan fingerprint density at radius 1 is 1.43 bits per heavy atom. The Hall–Kier alpha value is -2.17. The van der Waals surface area contributed by atoms with E-state index in [1.54, 1.807) is 4.90 Å². The van der Waals surface area contributed by atoms with Gasteiger partial charge in [-0.15, -0.1) is 5.10 Å². The number of aromatic nitrogens is 3. The van der Waals surface area contributed by atoms with Crippen molar-refractivity contribution in [2.45, 2.75) is 38.6 Å². The Kier molecular flexibility index (Phi) is 3.73. The molecule has 0 bridgehead atoms. The minimum atomic E-state index is -0.115. The first-order valence-electron chi connectivity index (χ1n) is 7.47. The minimum absolute atomic E-state index is 0.115. The van der Waals surface area contributed by atoms with E-state index in [2.05, 4.69) is 40.3 Å². The van der Waals surface area contributed by atoms with E-state index in [1.807, 2.05) is 13.1 Å². The molecular weight excluding hydrogens is 264 g/mol. The molecule has 1 aromatic carbocycles. The maximum atomic E-state index is 12.5. The summed E-state index contributed by atoms with van der Waals surface area (Å²) in [6.07, 6.45) is 3.78. The zero-order valence-corrected chi connectivity index (χ0v) is 12.5. The molecule has 1 atom stereocenters. The number of carbonyl (C=O) groups is 1. The van der Waals surface area contributed by atoms with Crippen LogP contribution in [0.3, 0.4) is 0 Å². The fourth-order valence-corrected chi connectivity index (χ4v) is 2.98. The molecular formula is C16H20N4O. The number of aromatic amines is 1. The quantitative estimate of drug-likeness (QED) is 0.938. The molecule has 1 N–H and O–H groups in total. The topological polar surface area (TPSA) is 61.9 Å². The van der Waals surface area contributed by atoms with E-state index >= 15 is 0 Å². The van der Waals surface area contributed by atoms with Crippen LogP contribution in [0.1, 0.15) is 53.4 Å². The van der Waals surface area contributed by atoms with Crippen LogP contribution in [0.2, 0.25) is 0 Å². The summed E-state index contributed by atoms with van der Waals surface area (Å²) in [6, 6.07) is 8.45. The molecule has 1 unspecified atom stereocenters. The van der Waals surface area contributed by atoms with Crippen molar-refractivity contribution in [1.82, 2.24) is 20.1 Å². The summed E-state index contributed by atoms with van der Waals surface area (Å²) in [6.45, 7) is 2.07. The van der Waals surface area contributed by atoms with Crippen molar-refractivity contribution in [3.63, 3.8) is 0 Å². The molecule has 0 radical (unpaired) electrons. The van der Waals surface area contributed by atoms with Gasteiger partial charge in [0.2, 0.25) is 5.82 Å². The zero-order chi connectivity index (χ0) is 14.8. The monoisotopic (exact) mass is 284 g/mol. The van der Waals surface area contributed by atoms with Gasteiger partial charge < -0.3 is 4.90 Å². The van der Waals surface area contributed by atoms with Crippen LogP contribution >= 0.6 is 0 Å². The van der Waals surface area contributed by atoms with Gasteiger partial charge in [-0.3, -0.25) is 9.89 Å². The number of fused-ring (bicyclic) bond motifs is 1. The Morgan fingerprint density at radius 2 is 2.24 bits per heavy atom. The van der Waals surface area contributed by atoms with Gasteiger partial charge in [-0.25, -0.2) is 4.98 Å². The summed E-state index contributed by atoms with van der Waals surface area (Å²) in [5.41, 5.74) is 2.58. The second-order valence-electron chi connectivity index (χ2n) is 5.53. The normalized spacial score (nSPS) is 16.8. The van der Waals surface area contributed by atoms with Crippen molar-refractivity contribution in [2.24, 2.45) is 0 Å². The van der Waals surface area contributed by atoms with Crippen LogP contribution in [0.5, 0.6) is 0 Å². The summed E-state index contributed by atoms with van der Waals surface area (Å²) >= 11 is 0. The van der Waals surface area contributed by atoms with E-state index < -0.39 is 0 Å². The maximum Gasteiger partial charge on any atom is 0.293 e. The van der Waals surface area contributed by atoms with Gasteiger partial charge in [0, 0.05) is 13.5 Å². The van der Waals surface area contributed by atoms with Crippen LogP contribution < -0.4 is 0 Å². The van der Waals surface area contributed by atoms with Crippen LogP contribution in [0, 0.1) is 0 Å². The van der Waals surface area contributed by atoms with Gasteiger partial charge in [-0.2, -0.15) is 0 Å². The van der Waals surface area contributed by atoms with Crippen molar-refractivity contribution in [3.05, 3.63) is 47.0 Å². The average Bonchev–Trinajstić information content (AvgIpc) is 3.13. The SMILES string of the molecule is CCCc1nc(C(=O)N(C)C2CCc3ccccc32)n[nH]1. The molecule has 1 amide bonds. The molecule has 3 rings (SSSR count). The number of carbonyl (C=O) groups excluding carboxylic acids is 1. The number of hydrogen-bond donors (Lipinski definition) is 1. The van der Waals surface area contributed by atoms with Crippen LogP contribution in [-0.4, -0.2) is 33.0 Å². The van der Waals surface area contributed by atoms with E-state index in [0.29, 0.717) is 0 Å². The number of amides is 1. The molecule has 5 nitrogen and oxygen atoms in total. The molecule has 2 aromatic rings. The van der Waals surface area contributed by atoms with Gasteiger partial charge in [-0.1, -0.05) is 31.2 Å². The molecule has 0 saturated heterocycles. The lowest BCUT2D eigenvalue weighted by atomic mass is 10.1. The molecule has 21 heavy (non-hydrogen) atoms. The second kappa shape index (κ2) is 5.68. The highest BCUT2D eigenvalue weighted by Crippen LogP contribution is 2.35. The summed E-state index contributed by atoms with van der Waals surface area (Å²) < 4.78 is 0. The second-order valence-corrected chi connectivity index (χ2v) is 5.53. The smallest absolute Gasteiger partial charge is 0.293 e. The summed E-state index contributed by atoms with van der Waals surface area (Å²) in [5.74, 6) is 0.932. The van der Waals surface area contributed by atoms with E-state index in [4.69, 9.17) is 0 Å². The largest absolute Gasteiger partial charge is 0.332 e. The first-order chi connectivity index (χ1) is 10.2. The van der Waals surface area contributed by atoms with E-state index in [9.17, 15) is 4.79 Å².